The Morgan fingerprint density at radius 3 is 2.43 bits per heavy atom. The maximum absolute atomic E-state index is 15.0. The number of carbonyl (C=O) groups is 2. The van der Waals surface area contributed by atoms with Crippen LogP contribution in [-0.2, 0) is 33.0 Å². The van der Waals surface area contributed by atoms with Crippen LogP contribution >= 0.6 is 0 Å². The molecule has 3 aliphatic rings. The smallest absolute Gasteiger partial charge is 0.264 e. The second-order valence-electron chi connectivity index (χ2n) is 15.0. The molecule has 3 aliphatic heterocycles. The number of nitrogens with zero attached hydrogens (tertiary/aromatic N) is 5. The van der Waals surface area contributed by atoms with Gasteiger partial charge < -0.3 is 24.4 Å². The van der Waals surface area contributed by atoms with Crippen molar-refractivity contribution in [2.45, 2.75) is 94.8 Å². The van der Waals surface area contributed by atoms with E-state index >= 15 is 0 Å². The van der Waals surface area contributed by atoms with Gasteiger partial charge in [-0.2, -0.15) is 0 Å². The van der Waals surface area contributed by atoms with E-state index in [4.69, 9.17) is 4.74 Å². The van der Waals surface area contributed by atoms with E-state index in [1.54, 1.807) is 4.68 Å². The van der Waals surface area contributed by atoms with E-state index in [0.29, 0.717) is 38.2 Å². The zero-order chi connectivity index (χ0) is 35.8. The summed E-state index contributed by atoms with van der Waals surface area (Å²) in [5.74, 6) is -0.646. The Morgan fingerprint density at radius 2 is 1.71 bits per heavy atom. The van der Waals surface area contributed by atoms with Crippen LogP contribution in [0.15, 0.2) is 85.1 Å². The molecule has 51 heavy (non-hydrogen) atoms. The van der Waals surface area contributed by atoms with Crippen molar-refractivity contribution in [3.63, 3.8) is 0 Å². The molecule has 0 saturated carbocycles. The maximum atomic E-state index is 15.0. The van der Waals surface area contributed by atoms with E-state index in [-0.39, 0.29) is 35.8 Å². The second-order valence-corrected chi connectivity index (χ2v) is 19.0. The highest BCUT2D eigenvalue weighted by molar-refractivity contribution is 6.71. The fourth-order valence-electron chi connectivity index (χ4n) is 8.76. The standard InChI is InChI=1S/C40H49N5O5Si/c1-28-38(51(2,3)49)36(21-23-43-26-34(41-42-43)32(27-46)30-16-10-7-11-17-30)50-40(28)33-24-31(44-22-13-5-4-12-18-37(44)47)19-20-35(33)45(39(40)48)25-29-14-8-6-9-15-29/h6-11,14-17,19-20,24,26,28,32,36,38,46,49H,4-5,12-13,18,21-23,25,27H2,1-3H3/t28-,32?,36+,38-,40+/m1/s1. The Labute approximate surface area is 301 Å². The van der Waals surface area contributed by atoms with Crippen LogP contribution < -0.4 is 9.80 Å². The Hall–Kier alpha value is -4.16. The summed E-state index contributed by atoms with van der Waals surface area (Å²) in [6.07, 6.45) is 6.42. The van der Waals surface area contributed by atoms with E-state index in [1.807, 2.05) is 108 Å². The molecule has 1 spiro atoms. The van der Waals surface area contributed by atoms with Gasteiger partial charge in [0.1, 0.15) is 0 Å². The van der Waals surface area contributed by atoms with Gasteiger partial charge in [0.05, 0.1) is 36.6 Å². The highest BCUT2D eigenvalue weighted by Gasteiger charge is 2.66. The molecule has 2 amide bonds. The Kier molecular flexibility index (Phi) is 9.99. The predicted octanol–water partition coefficient (Wildman–Crippen LogP) is 6.13. The molecule has 1 aromatic heterocycles. The number of anilines is 2. The number of rotatable bonds is 10. The number of fused-ring (bicyclic) bond motifs is 2. The number of aliphatic hydroxyl groups excluding tert-OH is 1. The van der Waals surface area contributed by atoms with Crippen molar-refractivity contribution < 1.29 is 24.2 Å². The highest BCUT2D eigenvalue weighted by atomic mass is 28.4. The first-order valence-electron chi connectivity index (χ1n) is 18.4. The molecule has 0 radical (unpaired) electrons. The van der Waals surface area contributed by atoms with Crippen molar-refractivity contribution in [2.24, 2.45) is 5.92 Å². The molecule has 7 rings (SSSR count). The van der Waals surface area contributed by atoms with Crippen molar-refractivity contribution in [2.75, 3.05) is 23.0 Å². The number of aromatic nitrogens is 3. The lowest BCUT2D eigenvalue weighted by Crippen LogP contribution is -2.46. The minimum Gasteiger partial charge on any atom is -0.432 e. The molecule has 1 unspecified atom stereocenters. The predicted molar refractivity (Wildman–Crippen MR) is 199 cm³/mol. The normalized spacial score (nSPS) is 24.5. The second kappa shape index (κ2) is 14.5. The third-order valence-electron chi connectivity index (χ3n) is 11.2. The lowest BCUT2D eigenvalue weighted by molar-refractivity contribution is -0.146. The Bertz CT molecular complexity index is 1850. The number of ether oxygens (including phenoxy) is 1. The molecule has 4 heterocycles. The lowest BCUT2D eigenvalue weighted by Gasteiger charge is -2.33. The van der Waals surface area contributed by atoms with E-state index in [2.05, 4.69) is 17.2 Å². The third-order valence-corrected chi connectivity index (χ3v) is 13.7. The molecule has 5 atom stereocenters. The number of aryl methyl sites for hydroxylation is 1. The van der Waals surface area contributed by atoms with Crippen LogP contribution in [0.25, 0.3) is 0 Å². The van der Waals surface area contributed by atoms with Crippen molar-refractivity contribution >= 4 is 31.5 Å². The van der Waals surface area contributed by atoms with Crippen LogP contribution in [0.4, 0.5) is 11.4 Å². The topological polar surface area (TPSA) is 121 Å². The fourth-order valence-corrected chi connectivity index (χ4v) is 11.4. The van der Waals surface area contributed by atoms with Crippen LogP contribution in [-0.4, -0.2) is 64.3 Å². The van der Waals surface area contributed by atoms with Crippen molar-refractivity contribution in [1.82, 2.24) is 15.0 Å². The summed E-state index contributed by atoms with van der Waals surface area (Å²) < 4.78 is 8.89. The molecule has 0 bridgehead atoms. The van der Waals surface area contributed by atoms with Gasteiger partial charge in [0, 0.05) is 48.4 Å². The fraction of sp³-hybridized carbons (Fsp3) is 0.450. The average molecular weight is 708 g/mol. The van der Waals surface area contributed by atoms with Gasteiger partial charge in [-0.25, -0.2) is 0 Å². The van der Waals surface area contributed by atoms with E-state index in [0.717, 1.165) is 53.7 Å². The summed E-state index contributed by atoms with van der Waals surface area (Å²) in [5, 5.41) is 19.0. The van der Waals surface area contributed by atoms with Crippen LogP contribution in [0.5, 0.6) is 0 Å². The molecular formula is C40H49N5O5Si. The molecule has 268 valence electrons. The summed E-state index contributed by atoms with van der Waals surface area (Å²) in [6.45, 7) is 7.32. The van der Waals surface area contributed by atoms with Gasteiger partial charge in [-0.15, -0.1) is 5.10 Å². The SMILES string of the molecule is C[C@@H]1[C@@H]([Si](C)(C)O)[C@H](CCn2cc(C(CO)c3ccccc3)nn2)O[C@@]12C(=O)N(Cc1ccccc1)c1ccc(N3CCCCCCC3=O)cc12. The number of carbonyl (C=O) groups excluding carboxylic acids is 2. The van der Waals surface area contributed by atoms with Crippen LogP contribution in [0.1, 0.15) is 73.8 Å². The first-order chi connectivity index (χ1) is 24.6. The molecule has 2 fully saturated rings. The molecule has 2 N–H and O–H groups in total. The largest absolute Gasteiger partial charge is 0.432 e. The monoisotopic (exact) mass is 707 g/mol. The van der Waals surface area contributed by atoms with Crippen LogP contribution in [0.2, 0.25) is 18.6 Å². The molecule has 11 heteroatoms. The Morgan fingerprint density at radius 1 is 0.980 bits per heavy atom. The Balaban J connectivity index is 1.23. The molecule has 2 saturated heterocycles. The summed E-state index contributed by atoms with van der Waals surface area (Å²) in [4.78, 5) is 43.9. The van der Waals surface area contributed by atoms with E-state index < -0.39 is 20.0 Å². The summed E-state index contributed by atoms with van der Waals surface area (Å²) >= 11 is 0. The first-order valence-corrected chi connectivity index (χ1v) is 21.4. The lowest BCUT2D eigenvalue weighted by atomic mass is 9.82. The molecule has 0 aliphatic carbocycles. The van der Waals surface area contributed by atoms with E-state index in [1.165, 1.54) is 0 Å². The number of aliphatic hydroxyl groups is 1. The molecule has 10 nitrogen and oxygen atoms in total. The average Bonchev–Trinajstić information content (AvgIpc) is 3.77. The molecule has 4 aromatic rings. The van der Waals surface area contributed by atoms with Gasteiger partial charge >= 0.3 is 0 Å². The number of hydrogen-bond acceptors (Lipinski definition) is 7. The first kappa shape index (κ1) is 35.2. The van der Waals surface area contributed by atoms with Gasteiger partial charge in [-0.1, -0.05) is 85.6 Å². The zero-order valence-corrected chi connectivity index (χ0v) is 30.8. The van der Waals surface area contributed by atoms with Gasteiger partial charge in [-0.05, 0) is 61.7 Å². The number of hydrogen-bond donors (Lipinski definition) is 2. The van der Waals surface area contributed by atoms with Crippen molar-refractivity contribution in [3.05, 3.63) is 107 Å². The summed E-state index contributed by atoms with van der Waals surface area (Å²) in [6, 6.07) is 25.7. The van der Waals surface area contributed by atoms with Crippen LogP contribution in [0, 0.1) is 5.92 Å². The number of benzene rings is 3. The van der Waals surface area contributed by atoms with E-state index in [9.17, 15) is 19.5 Å². The molecule has 3 aromatic carbocycles. The van der Waals surface area contributed by atoms with Crippen molar-refractivity contribution in [1.29, 1.82) is 0 Å². The minimum atomic E-state index is -2.90. The highest BCUT2D eigenvalue weighted by Crippen LogP contribution is 2.60. The number of amides is 2. The quantitative estimate of drug-likeness (QED) is 0.190. The van der Waals surface area contributed by atoms with Gasteiger partial charge in [0.2, 0.25) is 5.91 Å². The maximum Gasteiger partial charge on any atom is 0.264 e. The molecular weight excluding hydrogens is 659 g/mol. The summed E-state index contributed by atoms with van der Waals surface area (Å²) in [5.41, 5.74) is 3.41. The van der Waals surface area contributed by atoms with Gasteiger partial charge in [0.25, 0.3) is 5.91 Å². The van der Waals surface area contributed by atoms with Crippen LogP contribution in [0.3, 0.4) is 0 Å². The minimum absolute atomic E-state index is 0.0904. The van der Waals surface area contributed by atoms with Gasteiger partial charge in [0.15, 0.2) is 13.9 Å². The summed E-state index contributed by atoms with van der Waals surface area (Å²) in [7, 11) is -2.90. The van der Waals surface area contributed by atoms with Crippen molar-refractivity contribution in [3.8, 4) is 0 Å². The van der Waals surface area contributed by atoms with Gasteiger partial charge in [-0.3, -0.25) is 14.3 Å². The zero-order valence-electron chi connectivity index (χ0n) is 29.8. The third kappa shape index (κ3) is 6.68.